The van der Waals surface area contributed by atoms with Gasteiger partial charge in [-0.2, -0.15) is 0 Å². The lowest BCUT2D eigenvalue weighted by atomic mass is 10.1. The van der Waals surface area contributed by atoms with Crippen LogP contribution in [0.15, 0.2) is 60.5 Å². The Hall–Kier alpha value is -3.39. The lowest BCUT2D eigenvalue weighted by Gasteiger charge is -2.05. The van der Waals surface area contributed by atoms with E-state index < -0.39 is 11.6 Å². The van der Waals surface area contributed by atoms with E-state index in [0.29, 0.717) is 28.5 Å². The van der Waals surface area contributed by atoms with Crippen molar-refractivity contribution in [2.24, 2.45) is 0 Å². The van der Waals surface area contributed by atoms with Crippen molar-refractivity contribution in [3.8, 4) is 11.3 Å². The van der Waals surface area contributed by atoms with E-state index in [9.17, 15) is 18.4 Å². The molecule has 2 aromatic carbocycles. The second-order valence-electron chi connectivity index (χ2n) is 5.74. The number of nitrogens with one attached hydrogen (secondary N) is 2. The normalized spacial score (nSPS) is 10.4. The zero-order valence-corrected chi connectivity index (χ0v) is 15.4. The largest absolute Gasteiger partial charge is 0.348 e. The Labute approximate surface area is 163 Å². The van der Waals surface area contributed by atoms with Gasteiger partial charge in [0.2, 0.25) is 5.91 Å². The minimum atomic E-state index is -0.958. The number of halogens is 2. The highest BCUT2D eigenvalue weighted by Crippen LogP contribution is 2.26. The van der Waals surface area contributed by atoms with E-state index in [-0.39, 0.29) is 11.8 Å². The van der Waals surface area contributed by atoms with E-state index in [1.807, 2.05) is 0 Å². The zero-order chi connectivity index (χ0) is 20.1. The van der Waals surface area contributed by atoms with Gasteiger partial charge in [0.25, 0.3) is 5.91 Å². The van der Waals surface area contributed by atoms with Gasteiger partial charge in [0, 0.05) is 23.1 Å². The number of hydrogen-bond acceptors (Lipinski definition) is 4. The second-order valence-corrected chi connectivity index (χ2v) is 6.60. The Balaban J connectivity index is 1.65. The molecule has 8 heteroatoms. The lowest BCUT2D eigenvalue weighted by Crippen LogP contribution is -2.20. The highest BCUT2D eigenvalue weighted by molar-refractivity contribution is 7.14. The van der Waals surface area contributed by atoms with E-state index in [2.05, 4.69) is 22.2 Å². The molecule has 2 N–H and O–H groups in total. The Morgan fingerprint density at radius 1 is 1.11 bits per heavy atom. The number of benzene rings is 2. The molecule has 0 aliphatic heterocycles. The number of carbonyl (C=O) groups excluding carboxylic acids is 2. The first-order chi connectivity index (χ1) is 13.5. The molecule has 3 rings (SSSR count). The summed E-state index contributed by atoms with van der Waals surface area (Å²) < 4.78 is 26.4. The molecule has 5 nitrogen and oxygen atoms in total. The number of anilines is 1. The summed E-state index contributed by atoms with van der Waals surface area (Å²) in [6.07, 6.45) is 1.18. The van der Waals surface area contributed by atoms with E-state index in [1.54, 1.807) is 29.6 Å². The third-order valence-electron chi connectivity index (χ3n) is 3.81. The summed E-state index contributed by atoms with van der Waals surface area (Å²) >= 11 is 1.18. The number of rotatable bonds is 6. The molecule has 2 amide bonds. The van der Waals surface area contributed by atoms with Crippen molar-refractivity contribution < 1.29 is 18.4 Å². The maximum Gasteiger partial charge on any atom is 0.257 e. The fraction of sp³-hybridized carbons (Fsp3) is 0.0500. The number of amides is 2. The van der Waals surface area contributed by atoms with Crippen molar-refractivity contribution in [1.82, 2.24) is 10.3 Å². The quantitative estimate of drug-likeness (QED) is 0.612. The van der Waals surface area contributed by atoms with Crippen LogP contribution in [0.2, 0.25) is 0 Å². The van der Waals surface area contributed by atoms with Crippen LogP contribution >= 0.6 is 11.3 Å². The molecule has 0 radical (unpaired) electrons. The molecule has 0 unspecified atom stereocenters. The average Bonchev–Trinajstić information content (AvgIpc) is 3.17. The van der Waals surface area contributed by atoms with Crippen LogP contribution in [0.4, 0.5) is 13.9 Å². The van der Waals surface area contributed by atoms with Crippen molar-refractivity contribution in [3.63, 3.8) is 0 Å². The maximum absolute atomic E-state index is 13.4. The summed E-state index contributed by atoms with van der Waals surface area (Å²) in [6.45, 7) is 3.70. The van der Waals surface area contributed by atoms with Gasteiger partial charge in [-0.3, -0.25) is 14.9 Å². The standard InChI is InChI=1S/C20H15F2N3O2S/c1-2-18(26)23-10-12-3-5-13(6-4-12)19(27)25-20-24-17(11-28-20)14-7-8-15(21)16(22)9-14/h2-9,11H,1,10H2,(H,23,26)(H,24,25,27). The van der Waals surface area contributed by atoms with Gasteiger partial charge in [0.1, 0.15) is 0 Å². The van der Waals surface area contributed by atoms with E-state index in [1.165, 1.54) is 23.5 Å². The summed E-state index contributed by atoms with van der Waals surface area (Å²) in [7, 11) is 0. The summed E-state index contributed by atoms with van der Waals surface area (Å²) in [5.74, 6) is -2.52. The fourth-order valence-electron chi connectivity index (χ4n) is 2.32. The third kappa shape index (κ3) is 4.66. The molecule has 0 bridgehead atoms. The second kappa shape index (κ2) is 8.53. The number of aromatic nitrogens is 1. The van der Waals surface area contributed by atoms with Crippen LogP contribution in [0.3, 0.4) is 0 Å². The lowest BCUT2D eigenvalue weighted by molar-refractivity contribution is -0.116. The molecule has 0 aliphatic carbocycles. The number of nitrogens with zero attached hydrogens (tertiary/aromatic N) is 1. The van der Waals surface area contributed by atoms with Crippen LogP contribution in [0.25, 0.3) is 11.3 Å². The Morgan fingerprint density at radius 2 is 1.86 bits per heavy atom. The Bertz CT molecular complexity index is 1030. The average molecular weight is 399 g/mol. The van der Waals surface area contributed by atoms with Crippen LogP contribution in [0.1, 0.15) is 15.9 Å². The highest BCUT2D eigenvalue weighted by Gasteiger charge is 2.12. The molecule has 1 heterocycles. The van der Waals surface area contributed by atoms with Crippen LogP contribution in [0.5, 0.6) is 0 Å². The predicted octanol–water partition coefficient (Wildman–Crippen LogP) is 4.14. The highest BCUT2D eigenvalue weighted by atomic mass is 32.1. The third-order valence-corrected chi connectivity index (χ3v) is 4.57. The summed E-state index contributed by atoms with van der Waals surface area (Å²) in [5, 5.41) is 7.30. The molecule has 0 saturated carbocycles. The zero-order valence-electron chi connectivity index (χ0n) is 14.5. The van der Waals surface area contributed by atoms with Gasteiger partial charge in [0.15, 0.2) is 16.8 Å². The van der Waals surface area contributed by atoms with E-state index in [0.717, 1.165) is 17.7 Å². The molecular weight excluding hydrogens is 384 g/mol. The molecule has 0 aliphatic rings. The van der Waals surface area contributed by atoms with Crippen molar-refractivity contribution in [3.05, 3.63) is 83.3 Å². The summed E-state index contributed by atoms with van der Waals surface area (Å²) in [6, 6.07) is 10.2. The Morgan fingerprint density at radius 3 is 2.54 bits per heavy atom. The SMILES string of the molecule is C=CC(=O)NCc1ccc(C(=O)Nc2nc(-c3ccc(F)c(F)c3)cs2)cc1. The first-order valence-electron chi connectivity index (χ1n) is 8.18. The first-order valence-corrected chi connectivity index (χ1v) is 9.06. The first kappa shape index (κ1) is 19.4. The van der Waals surface area contributed by atoms with Gasteiger partial charge in [-0.25, -0.2) is 13.8 Å². The topological polar surface area (TPSA) is 71.1 Å². The van der Waals surface area contributed by atoms with Crippen LogP contribution in [-0.2, 0) is 11.3 Å². The van der Waals surface area contributed by atoms with Crippen LogP contribution in [-0.4, -0.2) is 16.8 Å². The molecule has 0 atom stereocenters. The Kier molecular flexibility index (Phi) is 5.90. The molecule has 0 fully saturated rings. The molecule has 3 aromatic rings. The minimum Gasteiger partial charge on any atom is -0.348 e. The monoisotopic (exact) mass is 399 g/mol. The van der Waals surface area contributed by atoms with Crippen molar-refractivity contribution in [1.29, 1.82) is 0 Å². The van der Waals surface area contributed by atoms with Gasteiger partial charge >= 0.3 is 0 Å². The maximum atomic E-state index is 13.4. The van der Waals surface area contributed by atoms with Gasteiger partial charge in [-0.1, -0.05) is 18.7 Å². The summed E-state index contributed by atoms with van der Waals surface area (Å²) in [5.41, 5.74) is 2.11. The molecule has 28 heavy (non-hydrogen) atoms. The minimum absolute atomic E-state index is 0.276. The summed E-state index contributed by atoms with van der Waals surface area (Å²) in [4.78, 5) is 27.7. The van der Waals surface area contributed by atoms with Crippen LogP contribution < -0.4 is 10.6 Å². The molecular formula is C20H15F2N3O2S. The fourth-order valence-corrected chi connectivity index (χ4v) is 3.04. The number of carbonyl (C=O) groups is 2. The van der Waals surface area contributed by atoms with Gasteiger partial charge < -0.3 is 5.32 Å². The van der Waals surface area contributed by atoms with Crippen molar-refractivity contribution >= 4 is 28.3 Å². The molecule has 1 aromatic heterocycles. The van der Waals surface area contributed by atoms with Crippen molar-refractivity contribution in [2.75, 3.05) is 5.32 Å². The van der Waals surface area contributed by atoms with Crippen LogP contribution in [0, 0.1) is 11.6 Å². The molecule has 0 saturated heterocycles. The molecule has 142 valence electrons. The smallest absolute Gasteiger partial charge is 0.257 e. The number of thiazole rings is 1. The molecule has 0 spiro atoms. The van der Waals surface area contributed by atoms with Gasteiger partial charge in [-0.05, 0) is 42.0 Å². The van der Waals surface area contributed by atoms with E-state index in [4.69, 9.17) is 0 Å². The van der Waals surface area contributed by atoms with Gasteiger partial charge in [0.05, 0.1) is 5.69 Å². The van der Waals surface area contributed by atoms with Gasteiger partial charge in [-0.15, -0.1) is 11.3 Å². The van der Waals surface area contributed by atoms with E-state index >= 15 is 0 Å². The predicted molar refractivity (Wildman–Crippen MR) is 104 cm³/mol. The van der Waals surface area contributed by atoms with Crippen molar-refractivity contribution in [2.45, 2.75) is 6.54 Å². The number of hydrogen-bond donors (Lipinski definition) is 2.